The minimum absolute atomic E-state index is 0.00277. The zero-order chi connectivity index (χ0) is 14.2. The fourth-order valence-corrected chi connectivity index (χ4v) is 3.19. The molecule has 2 rings (SSSR count). The van der Waals surface area contributed by atoms with Gasteiger partial charge in [0.2, 0.25) is 0 Å². The van der Waals surface area contributed by atoms with E-state index in [4.69, 9.17) is 9.47 Å². The second kappa shape index (κ2) is 8.63. The van der Waals surface area contributed by atoms with Crippen molar-refractivity contribution in [2.75, 3.05) is 32.8 Å². The van der Waals surface area contributed by atoms with E-state index >= 15 is 0 Å². The molecule has 0 N–H and O–H groups in total. The molecule has 0 radical (unpaired) electrons. The number of morpholine rings is 1. The molecule has 1 saturated heterocycles. The van der Waals surface area contributed by atoms with Crippen molar-refractivity contribution in [3.63, 3.8) is 0 Å². The van der Waals surface area contributed by atoms with E-state index < -0.39 is 0 Å². The van der Waals surface area contributed by atoms with Crippen LogP contribution in [0.3, 0.4) is 0 Å². The van der Waals surface area contributed by atoms with Crippen LogP contribution in [0.1, 0.15) is 51.9 Å². The quantitative estimate of drug-likeness (QED) is 0.673. The molecule has 0 spiro atoms. The predicted octanol–water partition coefficient (Wildman–Crippen LogP) is 2.61. The number of hydrogen-bond acceptors (Lipinski definition) is 4. The molecule has 0 aromatic rings. The van der Waals surface area contributed by atoms with Crippen LogP contribution in [0, 0.1) is 5.92 Å². The lowest BCUT2D eigenvalue weighted by molar-refractivity contribution is -0.151. The van der Waals surface area contributed by atoms with Gasteiger partial charge in [-0.2, -0.15) is 0 Å². The summed E-state index contributed by atoms with van der Waals surface area (Å²) in [6.07, 6.45) is 7.85. The van der Waals surface area contributed by atoms with Crippen LogP contribution in [0.5, 0.6) is 0 Å². The third-order valence-corrected chi connectivity index (χ3v) is 4.55. The summed E-state index contributed by atoms with van der Waals surface area (Å²) >= 11 is 0. The predicted molar refractivity (Wildman–Crippen MR) is 78.6 cm³/mol. The van der Waals surface area contributed by atoms with Gasteiger partial charge in [-0.15, -0.1) is 0 Å². The van der Waals surface area contributed by atoms with Gasteiger partial charge in [0.15, 0.2) is 0 Å². The third kappa shape index (κ3) is 5.41. The summed E-state index contributed by atoms with van der Waals surface area (Å²) in [4.78, 5) is 14.3. The zero-order valence-corrected chi connectivity index (χ0v) is 12.8. The number of hydrogen-bond donors (Lipinski definition) is 0. The first-order valence-electron chi connectivity index (χ1n) is 8.27. The average molecular weight is 283 g/mol. The summed E-state index contributed by atoms with van der Waals surface area (Å²) in [7, 11) is 0. The smallest absolute Gasteiger partial charge is 0.306 e. The van der Waals surface area contributed by atoms with Gasteiger partial charge < -0.3 is 9.47 Å². The molecule has 20 heavy (non-hydrogen) atoms. The Kier molecular flexibility index (Phi) is 6.80. The Morgan fingerprint density at radius 3 is 2.65 bits per heavy atom. The van der Waals surface area contributed by atoms with Crippen LogP contribution < -0.4 is 0 Å². The van der Waals surface area contributed by atoms with E-state index in [2.05, 4.69) is 11.8 Å². The number of ether oxygens (including phenoxy) is 2. The largest absolute Gasteiger partial charge is 0.461 e. The SMILES string of the molecule is CCC(CN1CCOCC1)OC(=O)CCC1CCCC1. The molecule has 2 aliphatic rings. The van der Waals surface area contributed by atoms with Crippen LogP contribution >= 0.6 is 0 Å². The summed E-state index contributed by atoms with van der Waals surface area (Å²) in [6, 6.07) is 0. The maximum atomic E-state index is 11.9. The van der Waals surface area contributed by atoms with Gasteiger partial charge in [-0.25, -0.2) is 0 Å². The van der Waals surface area contributed by atoms with E-state index in [-0.39, 0.29) is 12.1 Å². The number of esters is 1. The Morgan fingerprint density at radius 1 is 1.30 bits per heavy atom. The third-order valence-electron chi connectivity index (χ3n) is 4.55. The standard InChI is InChI=1S/C16H29NO3/c1-2-15(13-17-9-11-19-12-10-17)20-16(18)8-7-14-5-3-4-6-14/h14-15H,2-13H2,1H3. The Bertz CT molecular complexity index is 283. The topological polar surface area (TPSA) is 38.8 Å². The van der Waals surface area contributed by atoms with Gasteiger partial charge in [-0.1, -0.05) is 32.6 Å². The average Bonchev–Trinajstić information content (AvgIpc) is 2.99. The fraction of sp³-hybridized carbons (Fsp3) is 0.938. The van der Waals surface area contributed by atoms with Crippen LogP contribution in [0.15, 0.2) is 0 Å². The van der Waals surface area contributed by atoms with Gasteiger partial charge in [0.25, 0.3) is 0 Å². The van der Waals surface area contributed by atoms with E-state index in [0.29, 0.717) is 6.42 Å². The molecule has 0 bridgehead atoms. The van der Waals surface area contributed by atoms with Crippen LogP contribution in [0.4, 0.5) is 0 Å². The molecule has 4 heteroatoms. The van der Waals surface area contributed by atoms with Gasteiger partial charge in [-0.3, -0.25) is 9.69 Å². The molecular formula is C16H29NO3. The zero-order valence-electron chi connectivity index (χ0n) is 12.8. The van der Waals surface area contributed by atoms with Crippen LogP contribution in [0.25, 0.3) is 0 Å². The molecule has 116 valence electrons. The van der Waals surface area contributed by atoms with Crippen molar-refractivity contribution >= 4 is 5.97 Å². The van der Waals surface area contributed by atoms with E-state index in [1.54, 1.807) is 0 Å². The molecule has 0 aromatic heterocycles. The monoisotopic (exact) mass is 283 g/mol. The molecule has 1 aliphatic heterocycles. The molecule has 4 nitrogen and oxygen atoms in total. The van der Waals surface area contributed by atoms with Gasteiger partial charge in [0.1, 0.15) is 6.10 Å². The van der Waals surface area contributed by atoms with Crippen molar-refractivity contribution < 1.29 is 14.3 Å². The summed E-state index contributed by atoms with van der Waals surface area (Å²) in [6.45, 7) is 6.45. The number of nitrogens with zero attached hydrogens (tertiary/aromatic N) is 1. The van der Waals surface area contributed by atoms with Crippen LogP contribution in [-0.2, 0) is 14.3 Å². The van der Waals surface area contributed by atoms with E-state index in [9.17, 15) is 4.79 Å². The molecule has 0 aromatic carbocycles. The Balaban J connectivity index is 1.64. The Morgan fingerprint density at radius 2 is 2.00 bits per heavy atom. The molecule has 1 atom stereocenters. The molecule has 2 fully saturated rings. The van der Waals surface area contributed by atoms with Crippen molar-refractivity contribution in [2.45, 2.75) is 58.0 Å². The summed E-state index contributed by atoms with van der Waals surface area (Å²) in [5.41, 5.74) is 0. The highest BCUT2D eigenvalue weighted by Crippen LogP contribution is 2.28. The Labute approximate surface area is 122 Å². The lowest BCUT2D eigenvalue weighted by Crippen LogP contribution is -2.42. The first-order valence-corrected chi connectivity index (χ1v) is 8.27. The van der Waals surface area contributed by atoms with Crippen molar-refractivity contribution in [1.82, 2.24) is 4.90 Å². The van der Waals surface area contributed by atoms with E-state index in [0.717, 1.165) is 51.6 Å². The highest BCUT2D eigenvalue weighted by atomic mass is 16.5. The number of carbonyl (C=O) groups excluding carboxylic acids is 1. The van der Waals surface area contributed by atoms with Crippen molar-refractivity contribution in [2.24, 2.45) is 5.92 Å². The van der Waals surface area contributed by atoms with Crippen molar-refractivity contribution in [3.8, 4) is 0 Å². The van der Waals surface area contributed by atoms with Gasteiger partial charge >= 0.3 is 5.97 Å². The van der Waals surface area contributed by atoms with Crippen LogP contribution in [-0.4, -0.2) is 49.8 Å². The molecular weight excluding hydrogens is 254 g/mol. The number of rotatable bonds is 7. The second-order valence-corrected chi connectivity index (χ2v) is 6.12. The Hall–Kier alpha value is -0.610. The second-order valence-electron chi connectivity index (χ2n) is 6.12. The van der Waals surface area contributed by atoms with E-state index in [1.807, 2.05) is 0 Å². The minimum Gasteiger partial charge on any atom is -0.461 e. The lowest BCUT2D eigenvalue weighted by atomic mass is 10.0. The molecule has 1 saturated carbocycles. The summed E-state index contributed by atoms with van der Waals surface area (Å²) in [5, 5.41) is 0. The van der Waals surface area contributed by atoms with E-state index in [1.165, 1.54) is 25.7 Å². The first kappa shape index (κ1) is 15.8. The first-order chi connectivity index (χ1) is 9.78. The molecule has 1 aliphatic carbocycles. The summed E-state index contributed by atoms with van der Waals surface area (Å²) in [5.74, 6) is 0.763. The highest BCUT2D eigenvalue weighted by Gasteiger charge is 2.20. The van der Waals surface area contributed by atoms with Crippen molar-refractivity contribution in [3.05, 3.63) is 0 Å². The summed E-state index contributed by atoms with van der Waals surface area (Å²) < 4.78 is 11.0. The van der Waals surface area contributed by atoms with Gasteiger partial charge in [0.05, 0.1) is 13.2 Å². The minimum atomic E-state index is -0.00277. The van der Waals surface area contributed by atoms with Crippen molar-refractivity contribution in [1.29, 1.82) is 0 Å². The number of carbonyl (C=O) groups is 1. The molecule has 0 amide bonds. The molecule has 1 unspecified atom stereocenters. The van der Waals surface area contributed by atoms with Gasteiger partial charge in [0, 0.05) is 26.1 Å². The lowest BCUT2D eigenvalue weighted by Gasteiger charge is -2.29. The highest BCUT2D eigenvalue weighted by molar-refractivity contribution is 5.69. The molecule has 1 heterocycles. The van der Waals surface area contributed by atoms with Crippen LogP contribution in [0.2, 0.25) is 0 Å². The fourth-order valence-electron chi connectivity index (χ4n) is 3.19. The maximum Gasteiger partial charge on any atom is 0.306 e. The maximum absolute atomic E-state index is 11.9. The normalized spacial score (nSPS) is 22.9. The van der Waals surface area contributed by atoms with Gasteiger partial charge in [-0.05, 0) is 18.8 Å².